The van der Waals surface area contributed by atoms with Gasteiger partial charge in [-0.05, 0) is 51.8 Å². The predicted molar refractivity (Wildman–Crippen MR) is 129 cm³/mol. The first-order chi connectivity index (χ1) is 16.5. The zero-order chi connectivity index (χ0) is 25.3. The van der Waals surface area contributed by atoms with Crippen LogP contribution in [0.1, 0.15) is 49.7 Å². The highest BCUT2D eigenvalue weighted by Gasteiger charge is 2.32. The van der Waals surface area contributed by atoms with Gasteiger partial charge in [-0.15, -0.1) is 0 Å². The topological polar surface area (TPSA) is 76.9 Å². The van der Waals surface area contributed by atoms with Crippen LogP contribution in [0.5, 0.6) is 0 Å². The first-order valence-electron chi connectivity index (χ1n) is 11.9. The van der Waals surface area contributed by atoms with E-state index in [2.05, 4.69) is 5.10 Å². The molecule has 2 aliphatic rings. The number of ether oxygens (including phenoxy) is 2. The summed E-state index contributed by atoms with van der Waals surface area (Å²) in [6.45, 7) is 9.76. The van der Waals surface area contributed by atoms with Gasteiger partial charge in [0.2, 0.25) is 5.91 Å². The van der Waals surface area contributed by atoms with Gasteiger partial charge in [0.1, 0.15) is 11.4 Å². The molecular weight excluding hydrogens is 475 g/mol. The van der Waals surface area contributed by atoms with Crippen LogP contribution in [-0.4, -0.2) is 69.5 Å². The number of aryl methyl sites for hydroxylation is 1. The summed E-state index contributed by atoms with van der Waals surface area (Å²) >= 11 is 5.88. The molecule has 10 heteroatoms. The number of aromatic nitrogens is 2. The number of benzene rings is 1. The first kappa shape index (κ1) is 25.4. The summed E-state index contributed by atoms with van der Waals surface area (Å²) < 4.78 is 27.4. The largest absolute Gasteiger partial charge is 0.444 e. The quantitative estimate of drug-likeness (QED) is 0.627. The van der Waals surface area contributed by atoms with Crippen LogP contribution in [0.25, 0.3) is 0 Å². The molecule has 0 radical (unpaired) electrons. The molecule has 8 nitrogen and oxygen atoms in total. The highest BCUT2D eigenvalue weighted by molar-refractivity contribution is 6.30. The Hall–Kier alpha value is -2.65. The number of morpholine rings is 1. The van der Waals surface area contributed by atoms with Crippen molar-refractivity contribution in [1.29, 1.82) is 0 Å². The van der Waals surface area contributed by atoms with Crippen molar-refractivity contribution in [2.75, 3.05) is 26.2 Å². The summed E-state index contributed by atoms with van der Waals surface area (Å²) in [4.78, 5) is 29.0. The molecule has 2 aliphatic heterocycles. The van der Waals surface area contributed by atoms with Crippen LogP contribution in [0, 0.1) is 12.7 Å². The molecule has 0 spiro atoms. The van der Waals surface area contributed by atoms with Crippen molar-refractivity contribution in [3.63, 3.8) is 0 Å². The molecule has 190 valence electrons. The van der Waals surface area contributed by atoms with Crippen molar-refractivity contribution in [3.05, 3.63) is 51.6 Å². The average Bonchev–Trinajstić information content (AvgIpc) is 3.09. The molecule has 3 heterocycles. The molecule has 4 rings (SSSR count). The van der Waals surface area contributed by atoms with E-state index in [1.807, 2.05) is 27.7 Å². The van der Waals surface area contributed by atoms with Crippen LogP contribution in [0.4, 0.5) is 9.18 Å². The highest BCUT2D eigenvalue weighted by atomic mass is 35.5. The SMILES string of the molecule is Cc1nn(Cc2ccc(Cl)cc2F)c2c1CCN(C(=O)CC1CN(C(=O)OC(C)(C)C)CCO1)C2. The van der Waals surface area contributed by atoms with E-state index in [4.69, 9.17) is 21.1 Å². The van der Waals surface area contributed by atoms with Crippen molar-refractivity contribution in [2.24, 2.45) is 0 Å². The molecule has 0 saturated carbocycles. The van der Waals surface area contributed by atoms with Gasteiger partial charge in [0.05, 0.1) is 50.2 Å². The number of carbonyl (C=O) groups excluding carboxylic acids is 2. The second-order valence-electron chi connectivity index (χ2n) is 10.1. The van der Waals surface area contributed by atoms with Gasteiger partial charge in [0.25, 0.3) is 0 Å². The second-order valence-corrected chi connectivity index (χ2v) is 10.5. The van der Waals surface area contributed by atoms with Crippen molar-refractivity contribution in [1.82, 2.24) is 19.6 Å². The Balaban J connectivity index is 1.41. The molecule has 1 aromatic heterocycles. The van der Waals surface area contributed by atoms with E-state index in [0.717, 1.165) is 17.0 Å². The summed E-state index contributed by atoms with van der Waals surface area (Å²) in [5, 5.41) is 4.96. The fourth-order valence-corrected chi connectivity index (χ4v) is 4.65. The number of amides is 2. The number of rotatable bonds is 4. The smallest absolute Gasteiger partial charge is 0.410 e. The van der Waals surface area contributed by atoms with E-state index >= 15 is 0 Å². The molecule has 1 aromatic carbocycles. The Kier molecular flexibility index (Phi) is 7.38. The van der Waals surface area contributed by atoms with Gasteiger partial charge in [0, 0.05) is 23.7 Å². The molecule has 0 N–H and O–H groups in total. The first-order valence-corrected chi connectivity index (χ1v) is 12.2. The summed E-state index contributed by atoms with van der Waals surface area (Å²) in [7, 11) is 0. The molecular formula is C25H32ClFN4O4. The van der Waals surface area contributed by atoms with Gasteiger partial charge in [-0.2, -0.15) is 5.10 Å². The van der Waals surface area contributed by atoms with E-state index in [1.54, 1.807) is 26.6 Å². The number of fused-ring (bicyclic) bond motifs is 1. The van der Waals surface area contributed by atoms with Gasteiger partial charge >= 0.3 is 6.09 Å². The molecule has 0 bridgehead atoms. The Morgan fingerprint density at radius 2 is 2.03 bits per heavy atom. The standard InChI is InChI=1S/C25H32ClFN4O4/c1-16-20-7-8-29(15-22(20)31(28-16)13-17-5-6-18(26)11-21(17)27)23(32)12-19-14-30(9-10-34-19)24(33)35-25(2,3)4/h5-6,11,19H,7-10,12-15H2,1-4H3. The lowest BCUT2D eigenvalue weighted by Gasteiger charge is -2.35. The Morgan fingerprint density at radius 1 is 1.26 bits per heavy atom. The number of nitrogens with zero attached hydrogens (tertiary/aromatic N) is 4. The Labute approximate surface area is 209 Å². The van der Waals surface area contributed by atoms with Crippen LogP contribution >= 0.6 is 11.6 Å². The highest BCUT2D eigenvalue weighted by Crippen LogP contribution is 2.25. The van der Waals surface area contributed by atoms with Gasteiger partial charge < -0.3 is 19.3 Å². The van der Waals surface area contributed by atoms with Gasteiger partial charge in [0.15, 0.2) is 0 Å². The fourth-order valence-electron chi connectivity index (χ4n) is 4.49. The van der Waals surface area contributed by atoms with Gasteiger partial charge in [-0.3, -0.25) is 9.48 Å². The van der Waals surface area contributed by atoms with Crippen LogP contribution in [0.2, 0.25) is 5.02 Å². The van der Waals surface area contributed by atoms with Crippen molar-refractivity contribution < 1.29 is 23.5 Å². The maximum absolute atomic E-state index is 14.4. The minimum Gasteiger partial charge on any atom is -0.444 e. The maximum Gasteiger partial charge on any atom is 0.410 e. The van der Waals surface area contributed by atoms with E-state index in [9.17, 15) is 14.0 Å². The molecule has 2 aromatic rings. The minimum absolute atomic E-state index is 0.0465. The summed E-state index contributed by atoms with van der Waals surface area (Å²) in [6, 6.07) is 4.60. The number of hydrogen-bond donors (Lipinski definition) is 0. The Bertz CT molecular complexity index is 1110. The molecule has 35 heavy (non-hydrogen) atoms. The van der Waals surface area contributed by atoms with E-state index < -0.39 is 11.7 Å². The molecule has 1 unspecified atom stereocenters. The van der Waals surface area contributed by atoms with Gasteiger partial charge in [-0.25, -0.2) is 9.18 Å². The zero-order valence-corrected chi connectivity index (χ0v) is 21.4. The summed E-state index contributed by atoms with van der Waals surface area (Å²) in [5.41, 5.74) is 2.82. The van der Waals surface area contributed by atoms with Crippen molar-refractivity contribution >= 4 is 23.6 Å². The van der Waals surface area contributed by atoms with Gasteiger partial charge in [-0.1, -0.05) is 17.7 Å². The molecule has 0 aliphatic carbocycles. The predicted octanol–water partition coefficient (Wildman–Crippen LogP) is 3.94. The number of carbonyl (C=O) groups is 2. The number of halogens is 2. The summed E-state index contributed by atoms with van der Waals surface area (Å²) in [5.74, 6) is -0.429. The van der Waals surface area contributed by atoms with Crippen molar-refractivity contribution in [2.45, 2.75) is 65.3 Å². The third-order valence-electron chi connectivity index (χ3n) is 6.22. The summed E-state index contributed by atoms with van der Waals surface area (Å²) in [6.07, 6.45) is 0.0775. The monoisotopic (exact) mass is 506 g/mol. The maximum atomic E-state index is 14.4. The van der Waals surface area contributed by atoms with E-state index in [-0.39, 0.29) is 30.8 Å². The fraction of sp³-hybridized carbons (Fsp3) is 0.560. The second kappa shape index (κ2) is 10.1. The third kappa shape index (κ3) is 6.13. The van der Waals surface area contributed by atoms with Crippen LogP contribution in [-0.2, 0) is 33.8 Å². The van der Waals surface area contributed by atoms with Crippen LogP contribution in [0.15, 0.2) is 18.2 Å². The molecule has 1 fully saturated rings. The lowest BCUT2D eigenvalue weighted by molar-refractivity contribution is -0.137. The van der Waals surface area contributed by atoms with Crippen LogP contribution in [0.3, 0.4) is 0 Å². The minimum atomic E-state index is -0.581. The lowest BCUT2D eigenvalue weighted by Crippen LogP contribution is -2.49. The lowest BCUT2D eigenvalue weighted by atomic mass is 10.0. The molecule has 1 atom stereocenters. The van der Waals surface area contributed by atoms with E-state index in [0.29, 0.717) is 49.8 Å². The van der Waals surface area contributed by atoms with E-state index in [1.165, 1.54) is 6.07 Å². The van der Waals surface area contributed by atoms with Crippen LogP contribution < -0.4 is 0 Å². The molecule has 2 amide bonds. The number of hydrogen-bond acceptors (Lipinski definition) is 5. The normalized spacial score (nSPS) is 18.4. The zero-order valence-electron chi connectivity index (χ0n) is 20.6. The Morgan fingerprint density at radius 3 is 2.74 bits per heavy atom. The third-order valence-corrected chi connectivity index (χ3v) is 6.46. The van der Waals surface area contributed by atoms with Crippen molar-refractivity contribution in [3.8, 4) is 0 Å². The average molecular weight is 507 g/mol. The molecule has 1 saturated heterocycles.